The minimum Gasteiger partial charge on any atom is -0.478 e. The molecule has 0 saturated carbocycles. The van der Waals surface area contributed by atoms with Gasteiger partial charge in [0.2, 0.25) is 0 Å². The van der Waals surface area contributed by atoms with E-state index in [1.165, 1.54) is 0 Å². The summed E-state index contributed by atoms with van der Waals surface area (Å²) in [5, 5.41) is 11.6. The zero-order valence-corrected chi connectivity index (χ0v) is 13.4. The third-order valence-corrected chi connectivity index (χ3v) is 4.88. The predicted octanol–water partition coefficient (Wildman–Crippen LogP) is 4.98. The first-order chi connectivity index (χ1) is 10.6. The summed E-state index contributed by atoms with van der Waals surface area (Å²) in [6.45, 7) is 0. The first-order valence-corrected chi connectivity index (χ1v) is 7.66. The van der Waals surface area contributed by atoms with Gasteiger partial charge in [-0.25, -0.2) is 9.78 Å². The Balaban J connectivity index is 2.30. The molecule has 0 spiro atoms. The smallest absolute Gasteiger partial charge is 0.338 e. The van der Waals surface area contributed by atoms with E-state index in [4.69, 9.17) is 11.6 Å². The van der Waals surface area contributed by atoms with Crippen molar-refractivity contribution in [2.24, 2.45) is 0 Å². The maximum absolute atomic E-state index is 11.8. The molecule has 0 radical (unpaired) electrons. The fourth-order valence-corrected chi connectivity index (χ4v) is 3.24. The number of carbonyl (C=O) groups is 1. The lowest BCUT2D eigenvalue weighted by Gasteiger charge is -2.03. The Hall–Kier alpha value is -2.11. The monoisotopic (exact) mass is 374 g/mol. The Morgan fingerprint density at radius 2 is 2.00 bits per heavy atom. The Bertz CT molecular complexity index is 1090. The summed E-state index contributed by atoms with van der Waals surface area (Å²) in [5.41, 5.74) is 2.77. The second kappa shape index (κ2) is 4.69. The van der Waals surface area contributed by atoms with Crippen LogP contribution in [0.4, 0.5) is 0 Å². The standard InChI is InChI=1S/C16H8BrClN2O2/c17-9-5-8-12(6-10(9)18)20-15-13(16(21)22)7-3-1-2-4-11(7)19-14(8)15/h1-6,20H,(H,21,22). The first-order valence-electron chi connectivity index (χ1n) is 6.48. The molecule has 4 aromatic rings. The van der Waals surface area contributed by atoms with Crippen molar-refractivity contribution in [1.29, 1.82) is 0 Å². The van der Waals surface area contributed by atoms with Crippen LogP contribution in [0.2, 0.25) is 5.02 Å². The summed E-state index contributed by atoms with van der Waals surface area (Å²) < 4.78 is 0.745. The number of H-pyrrole nitrogens is 1. The van der Waals surface area contributed by atoms with Crippen LogP contribution in [0.1, 0.15) is 10.4 Å². The van der Waals surface area contributed by atoms with Crippen LogP contribution in [0.25, 0.3) is 32.8 Å². The zero-order valence-electron chi connectivity index (χ0n) is 11.0. The van der Waals surface area contributed by atoms with E-state index in [0.29, 0.717) is 27.0 Å². The molecule has 0 saturated heterocycles. The van der Waals surface area contributed by atoms with E-state index in [1.807, 2.05) is 18.2 Å². The number of carboxylic acid groups (broad SMARTS) is 1. The zero-order chi connectivity index (χ0) is 15.4. The van der Waals surface area contributed by atoms with Gasteiger partial charge in [0.15, 0.2) is 0 Å². The minimum absolute atomic E-state index is 0.226. The van der Waals surface area contributed by atoms with Gasteiger partial charge in [-0.15, -0.1) is 0 Å². The SMILES string of the molecule is O=C(O)c1c2ccccc2nc2c1[nH]c1cc(Cl)c(Br)cc12. The summed E-state index contributed by atoms with van der Waals surface area (Å²) in [7, 11) is 0. The van der Waals surface area contributed by atoms with Crippen molar-refractivity contribution >= 4 is 66.3 Å². The van der Waals surface area contributed by atoms with E-state index in [0.717, 1.165) is 15.4 Å². The van der Waals surface area contributed by atoms with E-state index in [9.17, 15) is 9.90 Å². The molecule has 22 heavy (non-hydrogen) atoms. The Morgan fingerprint density at radius 3 is 2.77 bits per heavy atom. The van der Waals surface area contributed by atoms with E-state index < -0.39 is 5.97 Å². The highest BCUT2D eigenvalue weighted by molar-refractivity contribution is 9.10. The van der Waals surface area contributed by atoms with Crippen LogP contribution in [0.5, 0.6) is 0 Å². The lowest BCUT2D eigenvalue weighted by molar-refractivity contribution is 0.0701. The van der Waals surface area contributed by atoms with Crippen molar-refractivity contribution in [3.63, 3.8) is 0 Å². The maximum Gasteiger partial charge on any atom is 0.338 e. The summed E-state index contributed by atoms with van der Waals surface area (Å²) in [6, 6.07) is 10.8. The van der Waals surface area contributed by atoms with Crippen molar-refractivity contribution in [1.82, 2.24) is 9.97 Å². The molecule has 6 heteroatoms. The summed E-state index contributed by atoms with van der Waals surface area (Å²) in [4.78, 5) is 19.5. The number of halogens is 2. The fourth-order valence-electron chi connectivity index (χ4n) is 2.73. The number of aromatic amines is 1. The third-order valence-electron chi connectivity index (χ3n) is 3.68. The van der Waals surface area contributed by atoms with Crippen LogP contribution >= 0.6 is 27.5 Å². The summed E-state index contributed by atoms with van der Waals surface area (Å²) in [6.07, 6.45) is 0. The highest BCUT2D eigenvalue weighted by Gasteiger charge is 2.19. The molecule has 2 heterocycles. The van der Waals surface area contributed by atoms with Gasteiger partial charge < -0.3 is 10.1 Å². The average molecular weight is 376 g/mol. The van der Waals surface area contributed by atoms with Gasteiger partial charge in [0.05, 0.1) is 27.1 Å². The molecule has 108 valence electrons. The second-order valence-corrected chi connectivity index (χ2v) is 6.23. The number of benzene rings is 2. The number of para-hydroxylation sites is 1. The minimum atomic E-state index is -0.986. The molecule has 0 unspecified atom stereocenters. The molecule has 0 aliphatic heterocycles. The lowest BCUT2D eigenvalue weighted by Crippen LogP contribution is -2.00. The summed E-state index contributed by atoms with van der Waals surface area (Å²) in [5.74, 6) is -0.986. The number of nitrogens with one attached hydrogen (secondary N) is 1. The molecular formula is C16H8BrClN2O2. The van der Waals surface area contributed by atoms with Crippen LogP contribution in [0.3, 0.4) is 0 Å². The average Bonchev–Trinajstić information content (AvgIpc) is 2.82. The van der Waals surface area contributed by atoms with E-state index >= 15 is 0 Å². The number of pyridine rings is 1. The van der Waals surface area contributed by atoms with Gasteiger partial charge in [-0.3, -0.25) is 0 Å². The number of fused-ring (bicyclic) bond motifs is 4. The number of aromatic carboxylic acids is 1. The molecule has 2 aromatic carbocycles. The van der Waals surface area contributed by atoms with Gasteiger partial charge in [0, 0.05) is 20.8 Å². The van der Waals surface area contributed by atoms with Crippen LogP contribution in [-0.2, 0) is 0 Å². The van der Waals surface area contributed by atoms with Crippen molar-refractivity contribution in [3.05, 3.63) is 51.5 Å². The number of rotatable bonds is 1. The molecule has 0 aliphatic carbocycles. The van der Waals surface area contributed by atoms with Crippen molar-refractivity contribution < 1.29 is 9.90 Å². The molecule has 0 bridgehead atoms. The van der Waals surface area contributed by atoms with Gasteiger partial charge in [0.25, 0.3) is 0 Å². The van der Waals surface area contributed by atoms with Gasteiger partial charge in [-0.1, -0.05) is 29.8 Å². The molecule has 4 nitrogen and oxygen atoms in total. The number of carboxylic acids is 1. The Labute approximate surface area is 137 Å². The molecule has 0 fully saturated rings. The second-order valence-electron chi connectivity index (χ2n) is 4.97. The van der Waals surface area contributed by atoms with Crippen molar-refractivity contribution in [2.75, 3.05) is 0 Å². The molecule has 2 aromatic heterocycles. The number of hydrogen-bond donors (Lipinski definition) is 2. The van der Waals surface area contributed by atoms with Crippen molar-refractivity contribution in [2.45, 2.75) is 0 Å². The molecule has 0 atom stereocenters. The summed E-state index contributed by atoms with van der Waals surface area (Å²) >= 11 is 9.51. The molecule has 2 N–H and O–H groups in total. The molecular weight excluding hydrogens is 368 g/mol. The largest absolute Gasteiger partial charge is 0.478 e. The molecule has 4 rings (SSSR count). The van der Waals surface area contributed by atoms with Gasteiger partial charge >= 0.3 is 5.97 Å². The number of hydrogen-bond acceptors (Lipinski definition) is 2. The van der Waals surface area contributed by atoms with E-state index in [1.54, 1.807) is 18.2 Å². The highest BCUT2D eigenvalue weighted by atomic mass is 79.9. The van der Waals surface area contributed by atoms with Gasteiger partial charge in [0.1, 0.15) is 0 Å². The van der Waals surface area contributed by atoms with E-state index in [-0.39, 0.29) is 5.56 Å². The maximum atomic E-state index is 11.8. The number of aromatic nitrogens is 2. The Kier molecular flexibility index (Phi) is 2.89. The Morgan fingerprint density at radius 1 is 1.23 bits per heavy atom. The number of nitrogens with zero attached hydrogens (tertiary/aromatic N) is 1. The van der Waals surface area contributed by atoms with Gasteiger partial charge in [-0.2, -0.15) is 0 Å². The normalized spacial score (nSPS) is 11.5. The van der Waals surface area contributed by atoms with Gasteiger partial charge in [-0.05, 0) is 34.1 Å². The lowest BCUT2D eigenvalue weighted by atomic mass is 10.1. The molecule has 0 amide bonds. The van der Waals surface area contributed by atoms with Crippen LogP contribution < -0.4 is 0 Å². The fraction of sp³-hybridized carbons (Fsp3) is 0. The first kappa shape index (κ1) is 13.5. The van der Waals surface area contributed by atoms with Crippen LogP contribution in [0, 0.1) is 0 Å². The highest BCUT2D eigenvalue weighted by Crippen LogP contribution is 2.35. The van der Waals surface area contributed by atoms with Crippen molar-refractivity contribution in [3.8, 4) is 0 Å². The third kappa shape index (κ3) is 1.82. The van der Waals surface area contributed by atoms with E-state index in [2.05, 4.69) is 25.9 Å². The quantitative estimate of drug-likeness (QED) is 0.493. The topological polar surface area (TPSA) is 66.0 Å². The van der Waals surface area contributed by atoms with Crippen LogP contribution in [0.15, 0.2) is 40.9 Å². The van der Waals surface area contributed by atoms with Crippen LogP contribution in [-0.4, -0.2) is 21.0 Å². The predicted molar refractivity (Wildman–Crippen MR) is 90.8 cm³/mol. The molecule has 0 aliphatic rings.